The van der Waals surface area contributed by atoms with Crippen LogP contribution in [0, 0.1) is 0 Å². The number of hydrogen-bond acceptors (Lipinski definition) is 2. The van der Waals surface area contributed by atoms with Gasteiger partial charge in [-0.05, 0) is 24.3 Å². The normalized spacial score (nSPS) is 9.87. The second-order valence-corrected chi connectivity index (χ2v) is 3.08. The van der Waals surface area contributed by atoms with Crippen LogP contribution in [-0.2, 0) is 5.11 Å². The summed E-state index contributed by atoms with van der Waals surface area (Å²) in [5.41, 5.74) is 1.89. The highest BCUT2D eigenvalue weighted by atomic mass is 16.4. The van der Waals surface area contributed by atoms with Gasteiger partial charge >= 0.3 is 5.97 Å². The lowest BCUT2D eigenvalue weighted by molar-refractivity contribution is 0.0573. The number of aromatic nitrogens is 1. The predicted molar refractivity (Wildman–Crippen MR) is 54.7 cm³/mol. The highest BCUT2D eigenvalue weighted by Crippen LogP contribution is 2.16. The number of rotatable bonds is 2. The van der Waals surface area contributed by atoms with Crippen LogP contribution < -0.4 is 0 Å². The first-order chi connectivity index (χ1) is 7.27. The van der Waals surface area contributed by atoms with Gasteiger partial charge in [0.05, 0.1) is 11.3 Å². The molecule has 2 rings (SSSR count). The van der Waals surface area contributed by atoms with Crippen molar-refractivity contribution in [2.75, 3.05) is 0 Å². The number of carbonyl (C=O) groups excluding carboxylic acids is 1. The number of pyridine rings is 1. The van der Waals surface area contributed by atoms with Gasteiger partial charge in [-0.3, -0.25) is 4.98 Å². The summed E-state index contributed by atoms with van der Waals surface area (Å²) in [4.78, 5) is 14.7. The minimum Gasteiger partial charge on any atom is -0.256 e. The zero-order chi connectivity index (χ0) is 10.7. The van der Waals surface area contributed by atoms with Gasteiger partial charge in [-0.25, -0.2) is 9.90 Å². The molecule has 0 aliphatic rings. The molecule has 0 spiro atoms. The summed E-state index contributed by atoms with van der Waals surface area (Å²) in [5, 5.41) is 10.5. The molecule has 0 saturated carbocycles. The van der Waals surface area contributed by atoms with Crippen molar-refractivity contribution in [1.82, 2.24) is 4.98 Å². The molecule has 3 heteroatoms. The van der Waals surface area contributed by atoms with E-state index in [4.69, 9.17) is 0 Å². The van der Waals surface area contributed by atoms with Crippen LogP contribution in [-0.4, -0.2) is 11.0 Å². The summed E-state index contributed by atoms with van der Waals surface area (Å²) >= 11 is 0. The Hall–Kier alpha value is -2.16. The molecule has 0 unspecified atom stereocenters. The SMILES string of the molecule is [O]C(=O)c1ccc(-c2ccccn2)cc1. The average molecular weight is 198 g/mol. The van der Waals surface area contributed by atoms with Crippen LogP contribution in [0.5, 0.6) is 0 Å². The average Bonchev–Trinajstić information content (AvgIpc) is 2.30. The molecule has 0 amide bonds. The van der Waals surface area contributed by atoms with Crippen molar-refractivity contribution >= 4 is 5.97 Å². The van der Waals surface area contributed by atoms with Crippen LogP contribution >= 0.6 is 0 Å². The monoisotopic (exact) mass is 198 g/mol. The van der Waals surface area contributed by atoms with E-state index in [1.165, 1.54) is 12.1 Å². The summed E-state index contributed by atoms with van der Waals surface area (Å²) in [6.07, 6.45) is 1.70. The lowest BCUT2D eigenvalue weighted by Crippen LogP contribution is -1.93. The fraction of sp³-hybridized carbons (Fsp3) is 0. The lowest BCUT2D eigenvalue weighted by atomic mass is 10.1. The van der Waals surface area contributed by atoms with E-state index < -0.39 is 5.97 Å². The fourth-order valence-corrected chi connectivity index (χ4v) is 1.31. The smallest absolute Gasteiger partial charge is 0.256 e. The Morgan fingerprint density at radius 3 is 2.27 bits per heavy atom. The van der Waals surface area contributed by atoms with Crippen molar-refractivity contribution in [3.63, 3.8) is 0 Å². The predicted octanol–water partition coefficient (Wildman–Crippen LogP) is 2.32. The topological polar surface area (TPSA) is 49.9 Å². The van der Waals surface area contributed by atoms with Crippen LogP contribution in [0.15, 0.2) is 48.7 Å². The van der Waals surface area contributed by atoms with E-state index in [0.717, 1.165) is 11.3 Å². The number of carbonyl (C=O) groups is 1. The lowest BCUT2D eigenvalue weighted by Gasteiger charge is -1.99. The zero-order valence-corrected chi connectivity index (χ0v) is 7.88. The van der Waals surface area contributed by atoms with E-state index in [1.807, 2.05) is 18.2 Å². The van der Waals surface area contributed by atoms with Gasteiger partial charge in [-0.1, -0.05) is 18.2 Å². The maximum atomic E-state index is 10.5. The second-order valence-electron chi connectivity index (χ2n) is 3.08. The summed E-state index contributed by atoms with van der Waals surface area (Å²) in [6.45, 7) is 0. The number of benzene rings is 1. The molecular weight excluding hydrogens is 190 g/mol. The molecule has 0 bridgehead atoms. The third kappa shape index (κ3) is 2.02. The number of nitrogens with zero attached hydrogens (tertiary/aromatic N) is 1. The van der Waals surface area contributed by atoms with Crippen molar-refractivity contribution in [2.45, 2.75) is 0 Å². The van der Waals surface area contributed by atoms with E-state index in [-0.39, 0.29) is 5.56 Å². The van der Waals surface area contributed by atoms with Crippen LogP contribution in [0.2, 0.25) is 0 Å². The first kappa shape index (κ1) is 9.40. The third-order valence-corrected chi connectivity index (χ3v) is 2.08. The Balaban J connectivity index is 2.36. The standard InChI is InChI=1S/C12H8NO2/c14-12(15)10-6-4-9(5-7-10)11-3-1-2-8-13-11/h1-8H. The first-order valence-corrected chi connectivity index (χ1v) is 4.50. The van der Waals surface area contributed by atoms with Crippen molar-refractivity contribution in [2.24, 2.45) is 0 Å². The van der Waals surface area contributed by atoms with Gasteiger partial charge in [0.1, 0.15) is 0 Å². The van der Waals surface area contributed by atoms with Gasteiger partial charge in [0.2, 0.25) is 0 Å². The molecule has 0 saturated heterocycles. The molecule has 15 heavy (non-hydrogen) atoms. The largest absolute Gasteiger partial charge is 0.386 e. The molecule has 1 heterocycles. The van der Waals surface area contributed by atoms with Crippen LogP contribution in [0.4, 0.5) is 0 Å². The molecule has 0 aliphatic carbocycles. The van der Waals surface area contributed by atoms with E-state index >= 15 is 0 Å². The Kier molecular flexibility index (Phi) is 2.46. The molecule has 2 aromatic rings. The van der Waals surface area contributed by atoms with Gasteiger partial charge in [-0.2, -0.15) is 0 Å². The molecule has 0 aliphatic heterocycles. The molecular formula is C12H8NO2. The molecule has 73 valence electrons. The summed E-state index contributed by atoms with van der Waals surface area (Å²) in [5.74, 6) is -1.16. The van der Waals surface area contributed by atoms with Crippen LogP contribution in [0.1, 0.15) is 10.4 Å². The molecule has 0 fully saturated rings. The fourth-order valence-electron chi connectivity index (χ4n) is 1.31. The molecule has 0 atom stereocenters. The minimum absolute atomic E-state index is 0.176. The van der Waals surface area contributed by atoms with Gasteiger partial charge < -0.3 is 0 Å². The Bertz CT molecular complexity index is 463. The van der Waals surface area contributed by atoms with Crippen molar-refractivity contribution in [1.29, 1.82) is 0 Å². The van der Waals surface area contributed by atoms with E-state index in [9.17, 15) is 9.90 Å². The Labute approximate surface area is 87.0 Å². The highest BCUT2D eigenvalue weighted by molar-refractivity contribution is 5.87. The quantitative estimate of drug-likeness (QED) is 0.743. The van der Waals surface area contributed by atoms with Crippen molar-refractivity contribution in [3.8, 4) is 11.3 Å². The first-order valence-electron chi connectivity index (χ1n) is 4.50. The zero-order valence-electron chi connectivity index (χ0n) is 7.88. The number of hydrogen-bond donors (Lipinski definition) is 0. The maximum absolute atomic E-state index is 10.5. The highest BCUT2D eigenvalue weighted by Gasteiger charge is 2.04. The van der Waals surface area contributed by atoms with E-state index in [2.05, 4.69) is 4.98 Å². The Morgan fingerprint density at radius 1 is 1.00 bits per heavy atom. The summed E-state index contributed by atoms with van der Waals surface area (Å²) in [6, 6.07) is 12.0. The van der Waals surface area contributed by atoms with Gasteiger partial charge in [0.25, 0.3) is 0 Å². The van der Waals surface area contributed by atoms with Crippen LogP contribution in [0.25, 0.3) is 11.3 Å². The van der Waals surface area contributed by atoms with E-state index in [1.54, 1.807) is 18.3 Å². The molecule has 1 aromatic carbocycles. The molecule has 1 radical (unpaired) electrons. The summed E-state index contributed by atoms with van der Waals surface area (Å²) in [7, 11) is 0. The molecule has 3 nitrogen and oxygen atoms in total. The van der Waals surface area contributed by atoms with Crippen LogP contribution in [0.3, 0.4) is 0 Å². The second kappa shape index (κ2) is 3.92. The van der Waals surface area contributed by atoms with Gasteiger partial charge in [0, 0.05) is 11.8 Å². The Morgan fingerprint density at radius 2 is 1.73 bits per heavy atom. The maximum Gasteiger partial charge on any atom is 0.386 e. The van der Waals surface area contributed by atoms with E-state index in [0.29, 0.717) is 0 Å². The van der Waals surface area contributed by atoms with Crippen molar-refractivity contribution < 1.29 is 9.90 Å². The van der Waals surface area contributed by atoms with Crippen molar-refractivity contribution in [3.05, 3.63) is 54.2 Å². The molecule has 1 aromatic heterocycles. The molecule has 0 N–H and O–H groups in total. The minimum atomic E-state index is -1.16. The van der Waals surface area contributed by atoms with Gasteiger partial charge in [0.15, 0.2) is 0 Å². The van der Waals surface area contributed by atoms with Gasteiger partial charge in [-0.15, -0.1) is 0 Å². The summed E-state index contributed by atoms with van der Waals surface area (Å²) < 4.78 is 0. The third-order valence-electron chi connectivity index (χ3n) is 2.08.